The molecule has 0 aliphatic carbocycles. The molecule has 92 valence electrons. The highest BCUT2D eigenvalue weighted by atomic mass is 16.5. The van der Waals surface area contributed by atoms with E-state index in [0.717, 1.165) is 11.3 Å². The summed E-state index contributed by atoms with van der Waals surface area (Å²) in [4.78, 5) is 0. The number of nitrogens with two attached hydrogens (primary N) is 1. The molecule has 0 radical (unpaired) electrons. The molecule has 17 heavy (non-hydrogen) atoms. The molecule has 0 saturated carbocycles. The van der Waals surface area contributed by atoms with Gasteiger partial charge >= 0.3 is 0 Å². The van der Waals surface area contributed by atoms with Gasteiger partial charge in [0.05, 0.1) is 13.7 Å². The van der Waals surface area contributed by atoms with E-state index in [9.17, 15) is 0 Å². The molecule has 0 saturated heterocycles. The van der Waals surface area contributed by atoms with E-state index in [-0.39, 0.29) is 6.04 Å². The van der Waals surface area contributed by atoms with Gasteiger partial charge in [0, 0.05) is 12.6 Å². The van der Waals surface area contributed by atoms with Crippen LogP contribution in [0, 0.1) is 18.8 Å². The molecule has 0 heterocycles. The lowest BCUT2D eigenvalue weighted by Crippen LogP contribution is -2.28. The van der Waals surface area contributed by atoms with Crippen molar-refractivity contribution < 1.29 is 4.74 Å². The summed E-state index contributed by atoms with van der Waals surface area (Å²) in [5.41, 5.74) is 8.05. The molecule has 0 bridgehead atoms. The summed E-state index contributed by atoms with van der Waals surface area (Å²) >= 11 is 0. The van der Waals surface area contributed by atoms with Crippen molar-refractivity contribution in [1.82, 2.24) is 5.32 Å². The van der Waals surface area contributed by atoms with Crippen LogP contribution < -0.4 is 15.8 Å². The molecule has 1 aromatic rings. The molecular formula is C14H20N2O. The number of benzene rings is 1. The van der Waals surface area contributed by atoms with Gasteiger partial charge in [-0.25, -0.2) is 0 Å². The second-order valence-electron chi connectivity index (χ2n) is 3.83. The lowest BCUT2D eigenvalue weighted by molar-refractivity contribution is 0.411. The molecule has 1 unspecified atom stereocenters. The van der Waals surface area contributed by atoms with Crippen LogP contribution in [0.15, 0.2) is 18.2 Å². The average Bonchev–Trinajstić information content (AvgIpc) is 2.35. The van der Waals surface area contributed by atoms with E-state index in [4.69, 9.17) is 10.5 Å². The fourth-order valence-corrected chi connectivity index (χ4v) is 1.72. The largest absolute Gasteiger partial charge is 0.496 e. The number of ether oxygens (including phenoxy) is 1. The van der Waals surface area contributed by atoms with E-state index in [1.54, 1.807) is 7.11 Å². The molecule has 1 aromatic carbocycles. The summed E-state index contributed by atoms with van der Waals surface area (Å²) in [6, 6.07) is 6.25. The van der Waals surface area contributed by atoms with E-state index in [2.05, 4.69) is 23.2 Å². The Morgan fingerprint density at radius 2 is 2.24 bits per heavy atom. The molecule has 3 nitrogen and oxygen atoms in total. The molecule has 1 atom stereocenters. The van der Waals surface area contributed by atoms with Gasteiger partial charge in [-0.2, -0.15) is 0 Å². The molecule has 0 amide bonds. The van der Waals surface area contributed by atoms with Gasteiger partial charge in [-0.1, -0.05) is 18.1 Å². The summed E-state index contributed by atoms with van der Waals surface area (Å²) in [5, 5.41) is 3.31. The van der Waals surface area contributed by atoms with Crippen molar-refractivity contribution >= 4 is 0 Å². The minimum atomic E-state index is 0.139. The lowest BCUT2D eigenvalue weighted by atomic mass is 10.0. The van der Waals surface area contributed by atoms with Crippen LogP contribution in [0.4, 0.5) is 0 Å². The summed E-state index contributed by atoms with van der Waals surface area (Å²) in [7, 11) is 1.68. The number of nitrogens with one attached hydrogen (secondary N) is 1. The van der Waals surface area contributed by atoms with Crippen molar-refractivity contribution in [2.75, 3.05) is 20.2 Å². The first-order chi connectivity index (χ1) is 8.22. The van der Waals surface area contributed by atoms with Crippen LogP contribution in [0.3, 0.4) is 0 Å². The third-order valence-electron chi connectivity index (χ3n) is 2.67. The highest BCUT2D eigenvalue weighted by Gasteiger charge is 2.09. The summed E-state index contributed by atoms with van der Waals surface area (Å²) in [6.07, 6.45) is 0. The number of rotatable bonds is 5. The minimum Gasteiger partial charge on any atom is -0.496 e. The first kappa shape index (κ1) is 13.6. The smallest absolute Gasteiger partial charge is 0.121 e. The number of hydrogen-bond donors (Lipinski definition) is 2. The maximum absolute atomic E-state index is 5.77. The molecule has 1 rings (SSSR count). The Hall–Kier alpha value is -1.50. The van der Waals surface area contributed by atoms with Crippen molar-refractivity contribution in [2.45, 2.75) is 19.9 Å². The number of aryl methyl sites for hydroxylation is 1. The molecule has 0 spiro atoms. The molecular weight excluding hydrogens is 212 g/mol. The molecule has 0 fully saturated rings. The van der Waals surface area contributed by atoms with Crippen molar-refractivity contribution in [2.24, 2.45) is 5.73 Å². The fourth-order valence-electron chi connectivity index (χ4n) is 1.72. The standard InChI is InChI=1S/C14H20N2O/c1-4-5-8-16-13(10-15)12-6-7-14(17-3)11(2)9-12/h6-7,9,13,16H,8,10,15H2,1-3H3. The van der Waals surface area contributed by atoms with Crippen LogP contribution in [-0.2, 0) is 0 Å². The van der Waals surface area contributed by atoms with Gasteiger partial charge in [0.2, 0.25) is 0 Å². The third kappa shape index (κ3) is 3.77. The van der Waals surface area contributed by atoms with E-state index in [1.165, 1.54) is 5.56 Å². The Bertz CT molecular complexity index is 418. The van der Waals surface area contributed by atoms with Gasteiger partial charge in [0.1, 0.15) is 5.75 Å². The van der Waals surface area contributed by atoms with Gasteiger partial charge in [-0.05, 0) is 31.0 Å². The fraction of sp³-hybridized carbons (Fsp3) is 0.429. The molecule has 3 N–H and O–H groups in total. The summed E-state index contributed by atoms with van der Waals surface area (Å²) < 4.78 is 5.24. The van der Waals surface area contributed by atoms with E-state index >= 15 is 0 Å². The van der Waals surface area contributed by atoms with Gasteiger partial charge in [-0.15, -0.1) is 5.92 Å². The van der Waals surface area contributed by atoms with Crippen molar-refractivity contribution in [1.29, 1.82) is 0 Å². The van der Waals surface area contributed by atoms with Crippen molar-refractivity contribution in [3.63, 3.8) is 0 Å². The average molecular weight is 232 g/mol. The predicted molar refractivity (Wildman–Crippen MR) is 71.0 cm³/mol. The summed E-state index contributed by atoms with van der Waals surface area (Å²) in [5.74, 6) is 6.73. The molecule has 0 aliphatic rings. The Morgan fingerprint density at radius 1 is 1.47 bits per heavy atom. The topological polar surface area (TPSA) is 47.3 Å². The third-order valence-corrected chi connectivity index (χ3v) is 2.67. The highest BCUT2D eigenvalue weighted by Crippen LogP contribution is 2.21. The zero-order chi connectivity index (χ0) is 12.7. The highest BCUT2D eigenvalue weighted by molar-refractivity contribution is 5.37. The van der Waals surface area contributed by atoms with Crippen LogP contribution in [0.2, 0.25) is 0 Å². The maximum Gasteiger partial charge on any atom is 0.121 e. The molecule has 0 aromatic heterocycles. The molecule has 3 heteroatoms. The number of hydrogen-bond acceptors (Lipinski definition) is 3. The first-order valence-electron chi connectivity index (χ1n) is 5.70. The van der Waals surface area contributed by atoms with Gasteiger partial charge in [-0.3, -0.25) is 5.32 Å². The van der Waals surface area contributed by atoms with Gasteiger partial charge in [0.15, 0.2) is 0 Å². The number of methoxy groups -OCH3 is 1. The van der Waals surface area contributed by atoms with Crippen molar-refractivity contribution in [3.8, 4) is 17.6 Å². The lowest BCUT2D eigenvalue weighted by Gasteiger charge is -2.17. The SMILES string of the molecule is CC#CCNC(CN)c1ccc(OC)c(C)c1. The minimum absolute atomic E-state index is 0.139. The Balaban J connectivity index is 2.80. The summed E-state index contributed by atoms with van der Waals surface area (Å²) in [6.45, 7) is 5.07. The molecule has 0 aliphatic heterocycles. The Labute approximate surface area is 103 Å². The Morgan fingerprint density at radius 3 is 2.76 bits per heavy atom. The van der Waals surface area contributed by atoms with Crippen molar-refractivity contribution in [3.05, 3.63) is 29.3 Å². The second kappa shape index (κ2) is 6.95. The van der Waals surface area contributed by atoms with Crippen LogP contribution in [0.5, 0.6) is 5.75 Å². The predicted octanol–water partition coefficient (Wildman–Crippen LogP) is 1.62. The monoisotopic (exact) mass is 232 g/mol. The van der Waals surface area contributed by atoms with E-state index < -0.39 is 0 Å². The van der Waals surface area contributed by atoms with Crippen LogP contribution in [0.25, 0.3) is 0 Å². The van der Waals surface area contributed by atoms with Crippen LogP contribution in [-0.4, -0.2) is 20.2 Å². The van der Waals surface area contributed by atoms with E-state index in [1.807, 2.05) is 26.0 Å². The van der Waals surface area contributed by atoms with Crippen LogP contribution >= 0.6 is 0 Å². The zero-order valence-corrected chi connectivity index (χ0v) is 10.7. The quantitative estimate of drug-likeness (QED) is 0.758. The Kier molecular flexibility index (Phi) is 5.55. The maximum atomic E-state index is 5.77. The van der Waals surface area contributed by atoms with Gasteiger partial charge in [0.25, 0.3) is 0 Å². The second-order valence-corrected chi connectivity index (χ2v) is 3.83. The van der Waals surface area contributed by atoms with Crippen LogP contribution in [0.1, 0.15) is 24.1 Å². The first-order valence-corrected chi connectivity index (χ1v) is 5.70. The van der Waals surface area contributed by atoms with E-state index in [0.29, 0.717) is 13.1 Å². The van der Waals surface area contributed by atoms with Gasteiger partial charge < -0.3 is 10.5 Å². The zero-order valence-electron chi connectivity index (χ0n) is 10.7. The normalized spacial score (nSPS) is 11.5.